The molecule has 3 aromatic heterocycles. The summed E-state index contributed by atoms with van der Waals surface area (Å²) in [6.07, 6.45) is 1.69. The summed E-state index contributed by atoms with van der Waals surface area (Å²) in [6, 6.07) is 13.3. The third-order valence-electron chi connectivity index (χ3n) is 3.61. The molecule has 0 spiro atoms. The first-order valence-electron chi connectivity index (χ1n) is 8.31. The van der Waals surface area contributed by atoms with Gasteiger partial charge in [0.15, 0.2) is 10.1 Å². The van der Waals surface area contributed by atoms with Gasteiger partial charge in [0, 0.05) is 6.20 Å². The van der Waals surface area contributed by atoms with Crippen molar-refractivity contribution in [1.29, 1.82) is 0 Å². The maximum Gasteiger partial charge on any atom is 0.234 e. The Kier molecular flexibility index (Phi) is 5.70. The van der Waals surface area contributed by atoms with E-state index >= 15 is 0 Å². The van der Waals surface area contributed by atoms with Gasteiger partial charge in [-0.1, -0.05) is 35.1 Å². The van der Waals surface area contributed by atoms with Crippen LogP contribution in [0.5, 0.6) is 0 Å². The quantitative estimate of drug-likeness (QED) is 0.371. The Labute approximate surface area is 179 Å². The molecule has 0 amide bonds. The predicted molar refractivity (Wildman–Crippen MR) is 114 cm³/mol. The van der Waals surface area contributed by atoms with Gasteiger partial charge in [0.2, 0.25) is 16.5 Å². The van der Waals surface area contributed by atoms with Crippen LogP contribution < -0.4 is 5.32 Å². The zero-order valence-corrected chi connectivity index (χ0v) is 17.2. The normalized spacial score (nSPS) is 11.1. The Morgan fingerprint density at radius 3 is 2.34 bits per heavy atom. The van der Waals surface area contributed by atoms with E-state index in [-0.39, 0.29) is 16.5 Å². The summed E-state index contributed by atoms with van der Waals surface area (Å²) in [5.74, 6) is 0.179. The predicted octanol–water partition coefficient (Wildman–Crippen LogP) is 6.16. The van der Waals surface area contributed by atoms with Crippen LogP contribution in [0.2, 0.25) is 10.6 Å². The van der Waals surface area contributed by atoms with Crippen molar-refractivity contribution in [1.82, 2.24) is 24.9 Å². The molecule has 0 unspecified atom stereocenters. The number of rotatable bonds is 5. The minimum atomic E-state index is -0.0201. The third-order valence-corrected chi connectivity index (χ3v) is 4.80. The number of halogens is 2. The smallest absolute Gasteiger partial charge is 0.234 e. The Balaban J connectivity index is 1.69. The number of hydrogen-bond donors (Lipinski definition) is 1. The number of hydrogen-bond acceptors (Lipinski definition) is 9. The molecule has 0 aliphatic heterocycles. The molecule has 1 aromatic carbocycles. The molecule has 4 rings (SSSR count). The summed E-state index contributed by atoms with van der Waals surface area (Å²) in [5.41, 5.74) is 3.14. The molecule has 0 radical (unpaired) electrons. The lowest BCUT2D eigenvalue weighted by Crippen LogP contribution is -1.99. The first-order valence-corrected chi connectivity index (χ1v) is 9.89. The van der Waals surface area contributed by atoms with Gasteiger partial charge in [-0.25, -0.2) is 4.98 Å². The highest BCUT2D eigenvalue weighted by Gasteiger charge is 2.15. The third kappa shape index (κ3) is 4.89. The van der Waals surface area contributed by atoms with E-state index in [2.05, 4.69) is 40.5 Å². The number of benzene rings is 1. The fourth-order valence-corrected chi connectivity index (χ4v) is 3.45. The minimum Gasteiger partial charge on any atom is -0.300 e. The second-order valence-corrected chi connectivity index (χ2v) is 7.40. The summed E-state index contributed by atoms with van der Waals surface area (Å²) in [5, 5.41) is 12.7. The Morgan fingerprint density at radius 2 is 1.66 bits per heavy atom. The van der Waals surface area contributed by atoms with Crippen LogP contribution >= 0.6 is 34.5 Å². The van der Waals surface area contributed by atoms with Crippen LogP contribution in [-0.2, 0) is 0 Å². The first kappa shape index (κ1) is 19.3. The zero-order chi connectivity index (χ0) is 20.2. The van der Waals surface area contributed by atoms with Gasteiger partial charge in [-0.3, -0.25) is 10.3 Å². The minimum absolute atomic E-state index is 0.0201. The molecule has 144 valence electrons. The van der Waals surface area contributed by atoms with Gasteiger partial charge in [-0.2, -0.15) is 15.0 Å². The van der Waals surface area contributed by atoms with E-state index in [1.54, 1.807) is 6.20 Å². The molecule has 11 heteroatoms. The summed E-state index contributed by atoms with van der Waals surface area (Å²) >= 11 is 12.9. The number of azo groups is 1. The van der Waals surface area contributed by atoms with Gasteiger partial charge >= 0.3 is 0 Å². The van der Waals surface area contributed by atoms with E-state index < -0.39 is 0 Å². The average Bonchev–Trinajstić information content (AvgIpc) is 3.10. The second-order valence-electron chi connectivity index (χ2n) is 5.75. The number of thiazole rings is 1. The summed E-state index contributed by atoms with van der Waals surface area (Å²) in [7, 11) is 0. The molecular weight excluding hydrogens is 431 g/mol. The molecule has 0 saturated heterocycles. The van der Waals surface area contributed by atoms with Crippen LogP contribution in [0.15, 0.2) is 58.9 Å². The van der Waals surface area contributed by atoms with E-state index in [0.717, 1.165) is 11.3 Å². The van der Waals surface area contributed by atoms with Gasteiger partial charge in [-0.05, 0) is 54.4 Å². The van der Waals surface area contributed by atoms with Gasteiger partial charge in [-0.15, -0.1) is 10.2 Å². The van der Waals surface area contributed by atoms with Crippen molar-refractivity contribution >= 4 is 56.3 Å². The largest absolute Gasteiger partial charge is 0.300 e. The average molecular weight is 443 g/mol. The lowest BCUT2D eigenvalue weighted by Gasteiger charge is -2.00. The molecule has 1 N–H and O–H groups in total. The first-order chi connectivity index (χ1) is 14.1. The molecule has 0 atom stereocenters. The van der Waals surface area contributed by atoms with E-state index in [4.69, 9.17) is 23.2 Å². The maximum absolute atomic E-state index is 5.83. The molecule has 0 bridgehead atoms. The monoisotopic (exact) mass is 442 g/mol. The van der Waals surface area contributed by atoms with Crippen LogP contribution in [0, 0.1) is 6.92 Å². The van der Waals surface area contributed by atoms with Crippen LogP contribution in [0.3, 0.4) is 0 Å². The standard InChI is InChI=1S/C18H12Cl2N8S/c1-10-5-7-11(8-6-10)27-28-14-13(12-4-2-3-9-21-12)22-18(29-14)26-17-24-15(19)23-16(20)25-17/h2-9H,1H3,(H,22,23,24,25,26). The van der Waals surface area contributed by atoms with Crippen LogP contribution in [-0.4, -0.2) is 24.9 Å². The van der Waals surface area contributed by atoms with Crippen molar-refractivity contribution in [2.24, 2.45) is 10.2 Å². The molecule has 3 heterocycles. The van der Waals surface area contributed by atoms with Gasteiger partial charge in [0.25, 0.3) is 0 Å². The molecule has 8 nitrogen and oxygen atoms in total. The molecule has 29 heavy (non-hydrogen) atoms. The van der Waals surface area contributed by atoms with Crippen LogP contribution in [0.1, 0.15) is 5.56 Å². The molecule has 0 aliphatic rings. The Bertz CT molecular complexity index is 1140. The summed E-state index contributed by atoms with van der Waals surface area (Å²) in [6.45, 7) is 2.01. The highest BCUT2D eigenvalue weighted by Crippen LogP contribution is 2.39. The number of anilines is 2. The Hall–Kier alpha value is -3.01. The lowest BCUT2D eigenvalue weighted by molar-refractivity contribution is 1.05. The van der Waals surface area contributed by atoms with Crippen molar-refractivity contribution < 1.29 is 0 Å². The number of aryl methyl sites for hydroxylation is 1. The van der Waals surface area contributed by atoms with Gasteiger partial charge < -0.3 is 0 Å². The topological polar surface area (TPSA) is 101 Å². The van der Waals surface area contributed by atoms with Gasteiger partial charge in [0.1, 0.15) is 5.69 Å². The van der Waals surface area contributed by atoms with Crippen molar-refractivity contribution in [2.75, 3.05) is 5.32 Å². The van der Waals surface area contributed by atoms with Crippen molar-refractivity contribution in [3.8, 4) is 11.4 Å². The second kappa shape index (κ2) is 8.56. The van der Waals surface area contributed by atoms with E-state index in [1.165, 1.54) is 11.3 Å². The number of pyridine rings is 1. The Morgan fingerprint density at radius 1 is 0.897 bits per heavy atom. The molecule has 0 saturated carbocycles. The van der Waals surface area contributed by atoms with E-state index in [9.17, 15) is 0 Å². The molecule has 0 aliphatic carbocycles. The fraction of sp³-hybridized carbons (Fsp3) is 0.0556. The molecule has 4 aromatic rings. The maximum atomic E-state index is 5.83. The van der Waals surface area contributed by atoms with E-state index in [0.29, 0.717) is 21.5 Å². The number of nitrogens with zero attached hydrogens (tertiary/aromatic N) is 7. The highest BCUT2D eigenvalue weighted by molar-refractivity contribution is 7.19. The molecular formula is C18H12Cl2N8S. The lowest BCUT2D eigenvalue weighted by atomic mass is 10.2. The highest BCUT2D eigenvalue weighted by atomic mass is 35.5. The van der Waals surface area contributed by atoms with Crippen molar-refractivity contribution in [2.45, 2.75) is 6.92 Å². The van der Waals surface area contributed by atoms with Crippen LogP contribution in [0.25, 0.3) is 11.4 Å². The SMILES string of the molecule is Cc1ccc(N=Nc2sc(Nc3nc(Cl)nc(Cl)n3)nc2-c2ccccn2)cc1. The zero-order valence-electron chi connectivity index (χ0n) is 14.9. The van der Waals surface area contributed by atoms with Crippen molar-refractivity contribution in [3.05, 3.63) is 64.8 Å². The number of aromatic nitrogens is 5. The van der Waals surface area contributed by atoms with Crippen molar-refractivity contribution in [3.63, 3.8) is 0 Å². The summed E-state index contributed by atoms with van der Waals surface area (Å²) < 4.78 is 0. The fourth-order valence-electron chi connectivity index (χ4n) is 2.30. The van der Waals surface area contributed by atoms with Crippen LogP contribution in [0.4, 0.5) is 21.8 Å². The number of nitrogens with one attached hydrogen (secondary N) is 1. The molecule has 0 fully saturated rings. The van der Waals surface area contributed by atoms with E-state index in [1.807, 2.05) is 49.4 Å². The summed E-state index contributed by atoms with van der Waals surface area (Å²) in [4.78, 5) is 20.6. The van der Waals surface area contributed by atoms with Gasteiger partial charge in [0.05, 0.1) is 11.4 Å².